The van der Waals surface area contributed by atoms with Gasteiger partial charge < -0.3 is 25.4 Å². The number of imidazole rings is 1. The molecule has 4 atom stereocenters. The van der Waals surface area contributed by atoms with Gasteiger partial charge in [-0.15, -0.1) is 0 Å². The second kappa shape index (κ2) is 4.44. The zero-order valence-electron chi connectivity index (χ0n) is 11.0. The molecule has 2 aliphatic heterocycles. The molecule has 0 saturated carbocycles. The molecule has 0 spiro atoms. The van der Waals surface area contributed by atoms with Gasteiger partial charge in [-0.1, -0.05) is 0 Å². The van der Waals surface area contributed by atoms with Gasteiger partial charge in [-0.25, -0.2) is 19.5 Å². The van der Waals surface area contributed by atoms with Crippen LogP contribution in [0.1, 0.15) is 24.6 Å². The number of hydrogen-bond donors (Lipinski definition) is 4. The molecule has 5 N–H and O–H groups in total. The average Bonchev–Trinajstić information content (AvgIpc) is 2.95. The summed E-state index contributed by atoms with van der Waals surface area (Å²) in [6, 6.07) is 0. The molecule has 11 nitrogen and oxygen atoms in total. The van der Waals surface area contributed by atoms with Crippen LogP contribution < -0.4 is 5.73 Å². The van der Waals surface area contributed by atoms with Crippen LogP contribution in [0.3, 0.4) is 0 Å². The van der Waals surface area contributed by atoms with Gasteiger partial charge in [-0.3, -0.25) is 9.09 Å². The molecule has 4 heterocycles. The topological polar surface area (TPSA) is 166 Å². The van der Waals surface area contributed by atoms with Crippen molar-refractivity contribution in [3.05, 3.63) is 12.2 Å². The molecular weight excluding hydrogens is 317 g/mol. The van der Waals surface area contributed by atoms with Gasteiger partial charge in [-0.05, 0) is 0 Å². The number of hydrogen-bond acceptors (Lipinski definition) is 8. The number of aliphatic hydroxyl groups is 1. The number of aliphatic hydroxyl groups excluding tert-OH is 1. The summed E-state index contributed by atoms with van der Waals surface area (Å²) in [6.45, 7) is 0. The maximum absolute atomic E-state index is 11.2. The van der Waals surface area contributed by atoms with Gasteiger partial charge >= 0.3 is 7.82 Å². The Balaban J connectivity index is 1.93. The molecule has 0 radical (unpaired) electrons. The molecule has 0 amide bonds. The van der Waals surface area contributed by atoms with E-state index in [0.29, 0.717) is 11.2 Å². The number of anilines is 1. The lowest BCUT2D eigenvalue weighted by Gasteiger charge is -2.30. The quantitative estimate of drug-likeness (QED) is 0.513. The predicted octanol–water partition coefficient (Wildman–Crippen LogP) is -0.779. The van der Waals surface area contributed by atoms with Crippen molar-refractivity contribution in [3.63, 3.8) is 0 Å². The highest BCUT2D eigenvalue weighted by Gasteiger charge is 2.51. The van der Waals surface area contributed by atoms with E-state index in [1.807, 2.05) is 0 Å². The maximum atomic E-state index is 11.2. The van der Waals surface area contributed by atoms with Crippen molar-refractivity contribution >= 4 is 24.8 Å². The van der Waals surface area contributed by atoms with Crippen LogP contribution in [0.25, 0.3) is 11.2 Å². The minimum atomic E-state index is -4.82. The molecule has 4 rings (SSSR count). The molecule has 2 bridgehead atoms. The summed E-state index contributed by atoms with van der Waals surface area (Å²) in [5.74, 6) is 0.335. The first-order chi connectivity index (χ1) is 10.3. The van der Waals surface area contributed by atoms with Crippen LogP contribution >= 0.6 is 7.82 Å². The summed E-state index contributed by atoms with van der Waals surface area (Å²) >= 11 is 0. The zero-order chi connectivity index (χ0) is 15.6. The van der Waals surface area contributed by atoms with Crippen molar-refractivity contribution in [2.45, 2.75) is 31.0 Å². The van der Waals surface area contributed by atoms with Crippen molar-refractivity contribution in [2.75, 3.05) is 5.73 Å². The van der Waals surface area contributed by atoms with Crippen LogP contribution in [0.2, 0.25) is 0 Å². The molecule has 2 aromatic heterocycles. The lowest BCUT2D eigenvalue weighted by Crippen LogP contribution is -2.34. The van der Waals surface area contributed by atoms with Crippen LogP contribution in [-0.2, 0) is 13.8 Å². The average molecular weight is 329 g/mol. The third kappa shape index (κ3) is 1.95. The van der Waals surface area contributed by atoms with Gasteiger partial charge in [0.15, 0.2) is 23.1 Å². The van der Waals surface area contributed by atoms with Gasteiger partial charge in [0, 0.05) is 6.42 Å². The minimum absolute atomic E-state index is 0.137. The lowest BCUT2D eigenvalue weighted by molar-refractivity contribution is -0.107. The summed E-state index contributed by atoms with van der Waals surface area (Å²) in [5.41, 5.74) is 6.41. The molecule has 1 saturated heterocycles. The van der Waals surface area contributed by atoms with Gasteiger partial charge in [0.05, 0.1) is 6.10 Å². The Morgan fingerprint density at radius 2 is 2.23 bits per heavy atom. The monoisotopic (exact) mass is 329 g/mol. The second-order valence-corrected chi connectivity index (χ2v) is 6.34. The Labute approximate surface area is 123 Å². The molecular formula is C10H12N5O6P. The number of phosphoric ester groups is 1. The van der Waals surface area contributed by atoms with E-state index in [1.165, 1.54) is 10.9 Å². The lowest BCUT2D eigenvalue weighted by atomic mass is 10.1. The van der Waals surface area contributed by atoms with Crippen molar-refractivity contribution in [2.24, 2.45) is 0 Å². The van der Waals surface area contributed by atoms with E-state index in [0.717, 1.165) is 0 Å². The summed E-state index contributed by atoms with van der Waals surface area (Å²) in [6.07, 6.45) is -2.15. The van der Waals surface area contributed by atoms with E-state index < -0.39 is 32.4 Å². The summed E-state index contributed by atoms with van der Waals surface area (Å²) in [4.78, 5) is 30.4. The molecule has 0 unspecified atom stereocenters. The summed E-state index contributed by atoms with van der Waals surface area (Å²) in [7, 11) is -4.82. The fourth-order valence-electron chi connectivity index (χ4n) is 2.94. The van der Waals surface area contributed by atoms with E-state index in [-0.39, 0.29) is 18.1 Å². The minimum Gasteiger partial charge on any atom is -0.390 e. The summed E-state index contributed by atoms with van der Waals surface area (Å²) < 4.78 is 23.1. The molecule has 0 aliphatic carbocycles. The standard InChI is InChI=1S/C10H12N5O6P/c11-8-5-9(13-2-12-8)15-4-1-3(16)6(20-4)7(10(15)14-5)21-22(17,18)19/h2-4,6-7,16H,1H2,(H2,11,12,13)(H2,17,18,19)/t3-,4+,6-,7-/m0/s1. The van der Waals surface area contributed by atoms with Crippen LogP contribution in [-0.4, -0.2) is 46.6 Å². The molecule has 2 aliphatic rings. The smallest absolute Gasteiger partial charge is 0.390 e. The fourth-order valence-corrected chi connectivity index (χ4v) is 3.45. The zero-order valence-corrected chi connectivity index (χ0v) is 11.9. The van der Waals surface area contributed by atoms with Crippen LogP contribution in [0, 0.1) is 0 Å². The number of phosphoric acid groups is 1. The van der Waals surface area contributed by atoms with Gasteiger partial charge in [0.2, 0.25) is 0 Å². The third-order valence-corrected chi connectivity index (χ3v) is 4.26. The number of ether oxygens (including phenoxy) is 1. The van der Waals surface area contributed by atoms with E-state index in [1.54, 1.807) is 0 Å². The number of nitrogens with zero attached hydrogens (tertiary/aromatic N) is 4. The number of rotatable bonds is 2. The number of fused-ring (bicyclic) bond motifs is 6. The first-order valence-electron chi connectivity index (χ1n) is 6.41. The largest absolute Gasteiger partial charge is 0.470 e. The molecule has 1 fully saturated rings. The predicted molar refractivity (Wildman–Crippen MR) is 70.1 cm³/mol. The first-order valence-corrected chi connectivity index (χ1v) is 7.94. The Bertz CT molecular complexity index is 804. The maximum Gasteiger partial charge on any atom is 0.470 e. The highest BCUT2D eigenvalue weighted by atomic mass is 31.2. The van der Waals surface area contributed by atoms with Gasteiger partial charge in [0.25, 0.3) is 0 Å². The highest BCUT2D eigenvalue weighted by molar-refractivity contribution is 7.46. The summed E-state index contributed by atoms with van der Waals surface area (Å²) in [5, 5.41) is 10.0. The van der Waals surface area contributed by atoms with Crippen molar-refractivity contribution < 1.29 is 28.7 Å². The van der Waals surface area contributed by atoms with E-state index in [2.05, 4.69) is 15.0 Å². The van der Waals surface area contributed by atoms with Crippen LogP contribution in [0.4, 0.5) is 5.82 Å². The molecule has 12 heteroatoms. The SMILES string of the molecule is Nc1ncnc2c1nc1n2[C@H]2C[C@H](O)[C@H](O2)[C@@H]1OP(=O)(O)O. The molecule has 2 aromatic rings. The Hall–Kier alpha value is -1.62. The Kier molecular flexibility index (Phi) is 2.83. The Morgan fingerprint density at radius 3 is 2.95 bits per heavy atom. The Morgan fingerprint density at radius 1 is 1.45 bits per heavy atom. The van der Waals surface area contributed by atoms with Crippen molar-refractivity contribution in [1.29, 1.82) is 0 Å². The van der Waals surface area contributed by atoms with Gasteiger partial charge in [0.1, 0.15) is 24.5 Å². The van der Waals surface area contributed by atoms with E-state index in [4.69, 9.17) is 24.8 Å². The molecule has 0 aromatic carbocycles. The third-order valence-electron chi connectivity index (χ3n) is 3.76. The van der Waals surface area contributed by atoms with E-state index >= 15 is 0 Å². The number of aromatic nitrogens is 4. The second-order valence-electron chi connectivity index (χ2n) is 5.15. The van der Waals surface area contributed by atoms with Crippen LogP contribution in [0.5, 0.6) is 0 Å². The number of nitrogens with two attached hydrogens (primary N) is 1. The van der Waals surface area contributed by atoms with Crippen molar-refractivity contribution in [3.8, 4) is 0 Å². The first kappa shape index (κ1) is 14.0. The van der Waals surface area contributed by atoms with E-state index in [9.17, 15) is 9.67 Å². The molecule has 22 heavy (non-hydrogen) atoms. The van der Waals surface area contributed by atoms with Gasteiger partial charge in [-0.2, -0.15) is 0 Å². The fraction of sp³-hybridized carbons (Fsp3) is 0.500. The van der Waals surface area contributed by atoms with Crippen LogP contribution in [0.15, 0.2) is 6.33 Å². The highest BCUT2D eigenvalue weighted by Crippen LogP contribution is 2.51. The number of nitrogen functional groups attached to an aromatic ring is 1. The van der Waals surface area contributed by atoms with Crippen molar-refractivity contribution in [1.82, 2.24) is 19.5 Å². The molecule has 118 valence electrons. The normalized spacial score (nSPS) is 30.7.